The summed E-state index contributed by atoms with van der Waals surface area (Å²) in [5.41, 5.74) is 4.77. The Kier molecular flexibility index (Phi) is 4.21. The lowest BCUT2D eigenvalue weighted by atomic mass is 9.86. The molecule has 1 heterocycles. The second kappa shape index (κ2) is 5.14. The van der Waals surface area contributed by atoms with Gasteiger partial charge in [0.1, 0.15) is 5.60 Å². The molecular weight excluding hydrogens is 236 g/mol. The van der Waals surface area contributed by atoms with Gasteiger partial charge in [-0.2, -0.15) is 0 Å². The second-order valence-corrected chi connectivity index (χ2v) is 5.90. The van der Waals surface area contributed by atoms with Crippen LogP contribution in [0.1, 0.15) is 40.0 Å². The molecule has 104 valence electrons. The van der Waals surface area contributed by atoms with E-state index in [1.807, 2.05) is 20.8 Å². The largest absolute Gasteiger partial charge is 0.481 e. The van der Waals surface area contributed by atoms with Gasteiger partial charge >= 0.3 is 12.1 Å². The molecule has 18 heavy (non-hydrogen) atoms. The van der Waals surface area contributed by atoms with Crippen LogP contribution in [0.5, 0.6) is 0 Å². The molecule has 3 N–H and O–H groups in total. The minimum Gasteiger partial charge on any atom is -0.481 e. The van der Waals surface area contributed by atoms with Crippen LogP contribution in [0.2, 0.25) is 0 Å². The van der Waals surface area contributed by atoms with Crippen LogP contribution in [-0.2, 0) is 9.53 Å². The molecule has 0 atom stereocenters. The fourth-order valence-corrected chi connectivity index (χ4v) is 1.94. The molecule has 6 heteroatoms. The summed E-state index contributed by atoms with van der Waals surface area (Å²) in [6.45, 7) is 6.32. The maximum Gasteiger partial charge on any atom is 0.410 e. The van der Waals surface area contributed by atoms with E-state index in [1.165, 1.54) is 0 Å². The molecule has 1 amide bonds. The Hall–Kier alpha value is -1.30. The Morgan fingerprint density at radius 2 is 1.83 bits per heavy atom. The molecule has 1 rings (SSSR count). The van der Waals surface area contributed by atoms with Gasteiger partial charge in [-0.15, -0.1) is 0 Å². The minimum atomic E-state index is -0.900. The number of hydrogen-bond acceptors (Lipinski definition) is 4. The number of hydrogen-bond donors (Lipinski definition) is 2. The van der Waals surface area contributed by atoms with Gasteiger partial charge in [-0.05, 0) is 33.6 Å². The van der Waals surface area contributed by atoms with E-state index in [-0.39, 0.29) is 12.5 Å². The van der Waals surface area contributed by atoms with Gasteiger partial charge in [0.2, 0.25) is 0 Å². The molecular formula is C12H22N2O4. The van der Waals surface area contributed by atoms with E-state index in [4.69, 9.17) is 15.6 Å². The second-order valence-electron chi connectivity index (χ2n) is 5.90. The summed E-state index contributed by atoms with van der Waals surface area (Å²) < 4.78 is 5.26. The number of carboxylic acids is 1. The van der Waals surface area contributed by atoms with Crippen LogP contribution < -0.4 is 5.73 Å². The highest BCUT2D eigenvalue weighted by Gasteiger charge is 2.35. The van der Waals surface area contributed by atoms with Gasteiger partial charge in [0.15, 0.2) is 0 Å². The maximum atomic E-state index is 11.8. The molecule has 1 fully saturated rings. The van der Waals surface area contributed by atoms with Crippen molar-refractivity contribution in [1.82, 2.24) is 4.90 Å². The van der Waals surface area contributed by atoms with Crippen molar-refractivity contribution in [2.24, 2.45) is 5.73 Å². The Balaban J connectivity index is 2.48. The van der Waals surface area contributed by atoms with Crippen molar-refractivity contribution in [3.05, 3.63) is 0 Å². The number of nitrogens with two attached hydrogens (primary N) is 1. The quantitative estimate of drug-likeness (QED) is 0.776. The molecule has 1 aliphatic heterocycles. The lowest BCUT2D eigenvalue weighted by Gasteiger charge is -2.38. The normalized spacial score (nSPS) is 19.4. The van der Waals surface area contributed by atoms with Crippen molar-refractivity contribution < 1.29 is 19.4 Å². The van der Waals surface area contributed by atoms with Gasteiger partial charge in [0, 0.05) is 18.6 Å². The summed E-state index contributed by atoms with van der Waals surface area (Å²) >= 11 is 0. The number of nitrogens with zero attached hydrogens (tertiary/aromatic N) is 1. The fourth-order valence-electron chi connectivity index (χ4n) is 1.94. The number of amides is 1. The molecule has 0 unspecified atom stereocenters. The lowest BCUT2D eigenvalue weighted by Crippen LogP contribution is -2.53. The van der Waals surface area contributed by atoms with Crippen LogP contribution in [0.25, 0.3) is 0 Å². The summed E-state index contributed by atoms with van der Waals surface area (Å²) in [4.78, 5) is 24.1. The van der Waals surface area contributed by atoms with E-state index in [1.54, 1.807) is 4.90 Å². The molecule has 0 aromatic rings. The fraction of sp³-hybridized carbons (Fsp3) is 0.833. The van der Waals surface area contributed by atoms with E-state index in [9.17, 15) is 9.59 Å². The summed E-state index contributed by atoms with van der Waals surface area (Å²) in [5.74, 6) is -0.900. The zero-order chi connectivity index (χ0) is 14.0. The average Bonchev–Trinajstić information content (AvgIpc) is 2.13. The highest BCUT2D eigenvalue weighted by molar-refractivity contribution is 5.69. The summed E-state index contributed by atoms with van der Waals surface area (Å²) in [6, 6.07) is 0. The lowest BCUT2D eigenvalue weighted by molar-refractivity contribution is -0.138. The highest BCUT2D eigenvalue weighted by atomic mass is 16.6. The number of aliphatic carboxylic acids is 1. The topological polar surface area (TPSA) is 92.9 Å². The molecule has 1 saturated heterocycles. The summed E-state index contributed by atoms with van der Waals surface area (Å²) in [7, 11) is 0. The summed E-state index contributed by atoms with van der Waals surface area (Å²) in [6.07, 6.45) is 0.548. The molecule has 1 aliphatic rings. The number of carbonyl (C=O) groups excluding carboxylic acids is 1. The van der Waals surface area contributed by atoms with Gasteiger partial charge < -0.3 is 20.5 Å². The molecule has 0 spiro atoms. The number of carbonyl (C=O) groups is 2. The van der Waals surface area contributed by atoms with E-state index in [0.29, 0.717) is 25.9 Å². The van der Waals surface area contributed by atoms with Gasteiger partial charge in [-0.3, -0.25) is 4.79 Å². The number of piperidine rings is 1. The Bertz CT molecular complexity index is 327. The molecule has 0 bridgehead atoms. The van der Waals surface area contributed by atoms with Gasteiger partial charge in [0.05, 0.1) is 6.42 Å². The van der Waals surface area contributed by atoms with E-state index in [2.05, 4.69) is 0 Å². The molecule has 0 saturated carbocycles. The highest BCUT2D eigenvalue weighted by Crippen LogP contribution is 2.24. The van der Waals surface area contributed by atoms with Gasteiger partial charge in [-0.25, -0.2) is 4.79 Å². The first-order chi connectivity index (χ1) is 8.11. The van der Waals surface area contributed by atoms with Crippen LogP contribution in [0.4, 0.5) is 4.79 Å². The number of rotatable bonds is 2. The SMILES string of the molecule is CC(C)(C)OC(=O)N1CCC(N)(CC(=O)O)CC1. The third kappa shape index (κ3) is 4.52. The Labute approximate surface area is 107 Å². The van der Waals surface area contributed by atoms with Gasteiger partial charge in [0.25, 0.3) is 0 Å². The van der Waals surface area contributed by atoms with Crippen LogP contribution in [0, 0.1) is 0 Å². The van der Waals surface area contributed by atoms with E-state index < -0.39 is 17.1 Å². The first-order valence-electron chi connectivity index (χ1n) is 6.10. The zero-order valence-corrected chi connectivity index (χ0v) is 11.2. The Morgan fingerprint density at radius 3 is 2.22 bits per heavy atom. The van der Waals surface area contributed by atoms with Crippen LogP contribution >= 0.6 is 0 Å². The average molecular weight is 258 g/mol. The van der Waals surface area contributed by atoms with Gasteiger partial charge in [-0.1, -0.05) is 0 Å². The van der Waals surface area contributed by atoms with Crippen molar-refractivity contribution >= 4 is 12.1 Å². The molecule has 0 aromatic carbocycles. The zero-order valence-electron chi connectivity index (χ0n) is 11.2. The number of likely N-dealkylation sites (tertiary alicyclic amines) is 1. The van der Waals surface area contributed by atoms with Crippen molar-refractivity contribution in [2.75, 3.05) is 13.1 Å². The first kappa shape index (κ1) is 14.8. The summed E-state index contributed by atoms with van der Waals surface area (Å²) in [5, 5.41) is 8.77. The molecule has 0 radical (unpaired) electrons. The number of carboxylic acid groups (broad SMARTS) is 1. The van der Waals surface area contributed by atoms with Crippen molar-refractivity contribution in [2.45, 2.75) is 51.2 Å². The molecule has 0 aliphatic carbocycles. The molecule has 6 nitrogen and oxygen atoms in total. The van der Waals surface area contributed by atoms with Crippen molar-refractivity contribution in [1.29, 1.82) is 0 Å². The smallest absolute Gasteiger partial charge is 0.410 e. The predicted octanol–water partition coefficient (Wildman–Crippen LogP) is 1.19. The standard InChI is InChI=1S/C12H22N2O4/c1-11(2,3)18-10(17)14-6-4-12(13,5-7-14)8-9(15)16/h4-8,13H2,1-3H3,(H,15,16). The predicted molar refractivity (Wildman–Crippen MR) is 66.2 cm³/mol. The molecule has 0 aromatic heterocycles. The minimum absolute atomic E-state index is 0.0604. The van der Waals surface area contributed by atoms with E-state index in [0.717, 1.165) is 0 Å². The number of ether oxygens (including phenoxy) is 1. The third-order valence-corrected chi connectivity index (χ3v) is 2.91. The van der Waals surface area contributed by atoms with Crippen LogP contribution in [0.3, 0.4) is 0 Å². The maximum absolute atomic E-state index is 11.8. The Morgan fingerprint density at radius 1 is 1.33 bits per heavy atom. The van der Waals surface area contributed by atoms with E-state index >= 15 is 0 Å². The monoisotopic (exact) mass is 258 g/mol. The van der Waals surface area contributed by atoms with Crippen molar-refractivity contribution in [3.63, 3.8) is 0 Å². The van der Waals surface area contributed by atoms with Crippen LogP contribution in [-0.4, -0.2) is 46.3 Å². The van der Waals surface area contributed by atoms with Crippen LogP contribution in [0.15, 0.2) is 0 Å². The first-order valence-corrected chi connectivity index (χ1v) is 6.10. The van der Waals surface area contributed by atoms with Crippen molar-refractivity contribution in [3.8, 4) is 0 Å². The third-order valence-electron chi connectivity index (χ3n) is 2.91.